The van der Waals surface area contributed by atoms with Crippen LogP contribution in [0.5, 0.6) is 0 Å². The molecule has 2 aromatic carbocycles. The lowest BCUT2D eigenvalue weighted by molar-refractivity contribution is -0.148. The summed E-state index contributed by atoms with van der Waals surface area (Å²) in [4.78, 5) is 24.3. The number of halogens is 1. The summed E-state index contributed by atoms with van der Waals surface area (Å²) in [5, 5.41) is -0.411. The van der Waals surface area contributed by atoms with Crippen LogP contribution in [-0.2, 0) is 27.2 Å². The molecule has 2 rings (SSSR count). The summed E-state index contributed by atoms with van der Waals surface area (Å²) in [6, 6.07) is 19.5. The van der Waals surface area contributed by atoms with E-state index in [4.69, 9.17) is 16.3 Å². The van der Waals surface area contributed by atoms with E-state index in [1.807, 2.05) is 60.7 Å². The fourth-order valence-electron chi connectivity index (χ4n) is 2.92. The van der Waals surface area contributed by atoms with Gasteiger partial charge in [-0.3, -0.25) is 9.59 Å². The maximum absolute atomic E-state index is 12.4. The Bertz CT molecular complexity index is 670. The summed E-state index contributed by atoms with van der Waals surface area (Å²) in [5.74, 6) is -1.08. The van der Waals surface area contributed by atoms with E-state index < -0.39 is 17.1 Å². The summed E-state index contributed by atoms with van der Waals surface area (Å²) >= 11 is 5.83. The van der Waals surface area contributed by atoms with Crippen molar-refractivity contribution in [3.05, 3.63) is 71.8 Å². The molecule has 0 heterocycles. The van der Waals surface area contributed by atoms with Crippen molar-refractivity contribution in [2.75, 3.05) is 6.61 Å². The molecule has 3 nitrogen and oxygen atoms in total. The lowest BCUT2D eigenvalue weighted by Gasteiger charge is -2.20. The fraction of sp³-hybridized carbons (Fsp3) is 0.333. The largest absolute Gasteiger partial charge is 0.466 e. The first-order valence-corrected chi connectivity index (χ1v) is 8.91. The molecule has 0 saturated carbocycles. The molecule has 25 heavy (non-hydrogen) atoms. The Hall–Kier alpha value is -2.13. The summed E-state index contributed by atoms with van der Waals surface area (Å²) in [7, 11) is 0. The number of benzene rings is 2. The van der Waals surface area contributed by atoms with Crippen molar-refractivity contribution in [1.82, 2.24) is 0 Å². The minimum Gasteiger partial charge on any atom is -0.466 e. The molecule has 4 heteroatoms. The van der Waals surface area contributed by atoms with E-state index in [0.29, 0.717) is 25.9 Å². The monoisotopic (exact) mass is 358 g/mol. The molecule has 1 unspecified atom stereocenters. The second-order valence-electron chi connectivity index (χ2n) is 6.07. The van der Waals surface area contributed by atoms with Crippen LogP contribution in [0, 0.1) is 11.8 Å². The van der Waals surface area contributed by atoms with Gasteiger partial charge >= 0.3 is 5.97 Å². The van der Waals surface area contributed by atoms with Gasteiger partial charge in [0.25, 0.3) is 0 Å². The third-order valence-corrected chi connectivity index (χ3v) is 4.47. The van der Waals surface area contributed by atoms with E-state index in [2.05, 4.69) is 0 Å². The highest BCUT2D eigenvalue weighted by Gasteiger charge is 2.28. The van der Waals surface area contributed by atoms with Gasteiger partial charge in [-0.2, -0.15) is 0 Å². The number of rotatable bonds is 9. The van der Waals surface area contributed by atoms with Gasteiger partial charge in [0.1, 0.15) is 0 Å². The number of hydrogen-bond acceptors (Lipinski definition) is 3. The van der Waals surface area contributed by atoms with E-state index in [1.54, 1.807) is 6.92 Å². The molecule has 0 saturated heterocycles. The maximum atomic E-state index is 12.4. The number of esters is 1. The summed E-state index contributed by atoms with van der Waals surface area (Å²) in [5.41, 5.74) is 2.07. The minimum atomic E-state index is -0.415. The third kappa shape index (κ3) is 6.35. The zero-order valence-electron chi connectivity index (χ0n) is 14.4. The predicted molar refractivity (Wildman–Crippen MR) is 99.4 cm³/mol. The Balaban J connectivity index is 2.13. The van der Waals surface area contributed by atoms with Crippen molar-refractivity contribution in [2.45, 2.75) is 26.2 Å². The van der Waals surface area contributed by atoms with Gasteiger partial charge in [0.15, 0.2) is 0 Å². The second kappa shape index (κ2) is 10.00. The first kappa shape index (κ1) is 19.2. The molecule has 0 aliphatic heterocycles. The predicted octanol–water partition coefficient (Wildman–Crippen LogP) is 4.42. The van der Waals surface area contributed by atoms with Gasteiger partial charge in [-0.05, 0) is 48.9 Å². The summed E-state index contributed by atoms with van der Waals surface area (Å²) in [6.45, 7) is 2.11. The van der Waals surface area contributed by atoms with E-state index in [0.717, 1.165) is 11.1 Å². The Morgan fingerprint density at radius 1 is 0.880 bits per heavy atom. The molecule has 0 N–H and O–H groups in total. The number of ether oxygens (including phenoxy) is 1. The first-order valence-electron chi connectivity index (χ1n) is 8.54. The van der Waals surface area contributed by atoms with Gasteiger partial charge in [0.05, 0.1) is 12.5 Å². The van der Waals surface area contributed by atoms with Gasteiger partial charge < -0.3 is 4.74 Å². The van der Waals surface area contributed by atoms with Crippen molar-refractivity contribution < 1.29 is 14.3 Å². The van der Waals surface area contributed by atoms with E-state index in [-0.39, 0.29) is 5.97 Å². The van der Waals surface area contributed by atoms with Crippen molar-refractivity contribution >= 4 is 22.8 Å². The van der Waals surface area contributed by atoms with E-state index in [9.17, 15) is 9.59 Å². The topological polar surface area (TPSA) is 43.4 Å². The van der Waals surface area contributed by atoms with Gasteiger partial charge in [0, 0.05) is 5.92 Å². The SMILES string of the molecule is CCOC(=O)C(Cc1ccccc1)C[C@H](Cc1ccccc1)C(=O)Cl. The molecule has 2 atom stereocenters. The van der Waals surface area contributed by atoms with Gasteiger partial charge in [-0.25, -0.2) is 0 Å². The lowest BCUT2D eigenvalue weighted by Crippen LogP contribution is -2.26. The smallest absolute Gasteiger partial charge is 0.309 e. The fourth-order valence-corrected chi connectivity index (χ4v) is 3.09. The zero-order chi connectivity index (χ0) is 18.1. The lowest BCUT2D eigenvalue weighted by atomic mass is 9.86. The van der Waals surface area contributed by atoms with Gasteiger partial charge in [-0.15, -0.1) is 0 Å². The third-order valence-electron chi connectivity index (χ3n) is 4.16. The average molecular weight is 359 g/mol. The normalized spacial score (nSPS) is 13.0. The van der Waals surface area contributed by atoms with Crippen LogP contribution >= 0.6 is 11.6 Å². The number of carbonyl (C=O) groups excluding carboxylic acids is 2. The standard InChI is InChI=1S/C21H23ClO3/c1-2-25-21(24)19(14-17-11-7-4-8-12-17)15-18(20(22)23)13-16-9-5-3-6-10-16/h3-12,18-19H,2,13-15H2,1H3/t18-,19?/m0/s1. The second-order valence-corrected chi connectivity index (χ2v) is 6.44. The molecule has 2 aromatic rings. The van der Waals surface area contributed by atoms with Crippen LogP contribution in [0.25, 0.3) is 0 Å². The highest BCUT2D eigenvalue weighted by Crippen LogP contribution is 2.24. The van der Waals surface area contributed by atoms with Gasteiger partial charge in [-0.1, -0.05) is 60.7 Å². The molecule has 0 fully saturated rings. The van der Waals surface area contributed by atoms with Crippen molar-refractivity contribution in [3.63, 3.8) is 0 Å². The molecule has 132 valence electrons. The van der Waals surface area contributed by atoms with E-state index >= 15 is 0 Å². The molecule has 0 aliphatic carbocycles. The Morgan fingerprint density at radius 3 is 1.80 bits per heavy atom. The molecular formula is C21H23ClO3. The van der Waals surface area contributed by atoms with Crippen LogP contribution in [0.4, 0.5) is 0 Å². The quantitative estimate of drug-likeness (QED) is 0.492. The Kier molecular flexibility index (Phi) is 7.68. The molecule has 0 aliphatic rings. The average Bonchev–Trinajstić information content (AvgIpc) is 2.62. The molecule has 0 amide bonds. The zero-order valence-corrected chi connectivity index (χ0v) is 15.1. The van der Waals surface area contributed by atoms with Crippen LogP contribution in [0.1, 0.15) is 24.5 Å². The van der Waals surface area contributed by atoms with Crippen LogP contribution in [-0.4, -0.2) is 17.8 Å². The van der Waals surface area contributed by atoms with Crippen molar-refractivity contribution in [1.29, 1.82) is 0 Å². The molecule has 0 radical (unpaired) electrons. The van der Waals surface area contributed by atoms with Crippen LogP contribution < -0.4 is 0 Å². The molecule has 0 bridgehead atoms. The molecular weight excluding hydrogens is 336 g/mol. The Labute approximate surface area is 154 Å². The molecule has 0 spiro atoms. The minimum absolute atomic E-state index is 0.276. The number of carbonyl (C=O) groups is 2. The first-order chi connectivity index (χ1) is 12.1. The van der Waals surface area contributed by atoms with Gasteiger partial charge in [0.2, 0.25) is 5.24 Å². The van der Waals surface area contributed by atoms with Crippen LogP contribution in [0.3, 0.4) is 0 Å². The van der Waals surface area contributed by atoms with Crippen molar-refractivity contribution in [3.8, 4) is 0 Å². The molecule has 0 aromatic heterocycles. The highest BCUT2D eigenvalue weighted by atomic mass is 35.5. The Morgan fingerprint density at radius 2 is 1.36 bits per heavy atom. The van der Waals surface area contributed by atoms with Crippen molar-refractivity contribution in [2.24, 2.45) is 11.8 Å². The summed E-state index contributed by atoms with van der Waals surface area (Å²) in [6.07, 6.45) is 1.44. The highest BCUT2D eigenvalue weighted by molar-refractivity contribution is 6.64. The van der Waals surface area contributed by atoms with Crippen LogP contribution in [0.2, 0.25) is 0 Å². The number of hydrogen-bond donors (Lipinski definition) is 0. The maximum Gasteiger partial charge on any atom is 0.309 e. The van der Waals surface area contributed by atoms with Crippen LogP contribution in [0.15, 0.2) is 60.7 Å². The van der Waals surface area contributed by atoms with E-state index in [1.165, 1.54) is 0 Å². The summed E-state index contributed by atoms with van der Waals surface area (Å²) < 4.78 is 5.21.